The number of carbonyl (C=O) groups excluding carboxylic acids is 1. The van der Waals surface area contributed by atoms with E-state index in [-0.39, 0.29) is 15.8 Å². The number of halogens is 1. The number of aryl methyl sites for hydroxylation is 1. The summed E-state index contributed by atoms with van der Waals surface area (Å²) in [4.78, 5) is 25.8. The van der Waals surface area contributed by atoms with E-state index in [0.717, 1.165) is 5.56 Å². The molecule has 1 heterocycles. The Morgan fingerprint density at radius 2 is 1.75 bits per heavy atom. The zero-order chi connectivity index (χ0) is 23.5. The third-order valence-electron chi connectivity index (χ3n) is 5.36. The molecule has 0 spiro atoms. The number of amides is 1. The van der Waals surface area contributed by atoms with Crippen LogP contribution in [-0.2, 0) is 23.5 Å². The largest absolute Gasteiger partial charge is 0.352 e. The fraction of sp³-hybridized carbons (Fsp3) is 0.304. The lowest BCUT2D eigenvalue weighted by Gasteiger charge is -2.19. The van der Waals surface area contributed by atoms with Crippen molar-refractivity contribution >= 4 is 38.4 Å². The zero-order valence-corrected chi connectivity index (χ0v) is 19.8. The Kier molecular flexibility index (Phi) is 7.38. The minimum Gasteiger partial charge on any atom is -0.352 e. The maximum Gasteiger partial charge on any atom is 0.256 e. The highest BCUT2D eigenvalue weighted by molar-refractivity contribution is 7.89. The number of carbonyl (C=O) groups is 1. The minimum atomic E-state index is -3.73. The van der Waals surface area contributed by atoms with Gasteiger partial charge in [0.15, 0.2) is 0 Å². The van der Waals surface area contributed by atoms with Crippen LogP contribution >= 0.6 is 11.6 Å². The summed E-state index contributed by atoms with van der Waals surface area (Å²) in [6, 6.07) is 11.7. The maximum absolute atomic E-state index is 13.1. The molecule has 0 saturated heterocycles. The molecule has 170 valence electrons. The van der Waals surface area contributed by atoms with Crippen LogP contribution in [0.2, 0.25) is 5.02 Å². The molecule has 0 fully saturated rings. The van der Waals surface area contributed by atoms with E-state index in [2.05, 4.69) is 5.32 Å². The first-order chi connectivity index (χ1) is 15.2. The Labute approximate surface area is 192 Å². The number of sulfonamides is 1. The topological polar surface area (TPSA) is 88.5 Å². The van der Waals surface area contributed by atoms with Crippen molar-refractivity contribution in [1.29, 1.82) is 0 Å². The standard InChI is InChI=1S/C23H26ClN3O4S/c1-4-27(5-2)32(30,31)18-10-11-21-19(14-18)22(28)20(15-26(21)3)23(29)25-13-12-16-6-8-17(24)9-7-16/h6-11,14-15H,4-5,12-13H2,1-3H3,(H,25,29). The van der Waals surface area contributed by atoms with Crippen LogP contribution < -0.4 is 10.7 Å². The highest BCUT2D eigenvalue weighted by atomic mass is 35.5. The Hall–Kier alpha value is -2.68. The molecular weight excluding hydrogens is 450 g/mol. The molecular formula is C23H26ClN3O4S. The van der Waals surface area contributed by atoms with Gasteiger partial charge in [-0.2, -0.15) is 4.31 Å². The summed E-state index contributed by atoms with van der Waals surface area (Å²) in [7, 11) is -2.01. The highest BCUT2D eigenvalue weighted by Gasteiger charge is 2.23. The van der Waals surface area contributed by atoms with Crippen LogP contribution in [-0.4, -0.2) is 42.8 Å². The van der Waals surface area contributed by atoms with Crippen LogP contribution in [0.4, 0.5) is 0 Å². The van der Waals surface area contributed by atoms with E-state index in [1.54, 1.807) is 43.7 Å². The molecule has 0 radical (unpaired) electrons. The number of aromatic nitrogens is 1. The number of nitrogens with one attached hydrogen (secondary N) is 1. The van der Waals surface area contributed by atoms with E-state index in [4.69, 9.17) is 11.6 Å². The monoisotopic (exact) mass is 475 g/mol. The first kappa shape index (κ1) is 24.0. The SMILES string of the molecule is CCN(CC)S(=O)(=O)c1ccc2c(c1)c(=O)c(C(=O)NCCc1ccc(Cl)cc1)cn2C. The van der Waals surface area contributed by atoms with Crippen LogP contribution in [0.5, 0.6) is 0 Å². The van der Waals surface area contributed by atoms with Crippen molar-refractivity contribution in [2.75, 3.05) is 19.6 Å². The smallest absolute Gasteiger partial charge is 0.256 e. The number of benzene rings is 2. The van der Waals surface area contributed by atoms with E-state index in [0.29, 0.717) is 36.6 Å². The summed E-state index contributed by atoms with van der Waals surface area (Å²) in [6.07, 6.45) is 2.06. The van der Waals surface area contributed by atoms with Gasteiger partial charge in [0.05, 0.1) is 10.4 Å². The molecule has 0 saturated carbocycles. The number of rotatable bonds is 8. The van der Waals surface area contributed by atoms with Crippen LogP contribution in [0, 0.1) is 0 Å². The number of hydrogen-bond acceptors (Lipinski definition) is 4. The van der Waals surface area contributed by atoms with Gasteiger partial charge in [-0.1, -0.05) is 37.6 Å². The average molecular weight is 476 g/mol. The second-order valence-electron chi connectivity index (χ2n) is 7.38. The molecule has 0 aliphatic heterocycles. The molecule has 1 N–H and O–H groups in total. The Bertz CT molecular complexity index is 1300. The second-order valence-corrected chi connectivity index (χ2v) is 9.76. The lowest BCUT2D eigenvalue weighted by atomic mass is 10.1. The Balaban J connectivity index is 1.91. The van der Waals surface area contributed by atoms with Crippen LogP contribution in [0.25, 0.3) is 10.9 Å². The number of pyridine rings is 1. The molecule has 9 heteroatoms. The van der Waals surface area contributed by atoms with Crippen molar-refractivity contribution < 1.29 is 13.2 Å². The van der Waals surface area contributed by atoms with E-state index >= 15 is 0 Å². The van der Waals surface area contributed by atoms with Gasteiger partial charge < -0.3 is 9.88 Å². The predicted molar refractivity (Wildman–Crippen MR) is 127 cm³/mol. The molecule has 7 nitrogen and oxygen atoms in total. The average Bonchev–Trinajstić information content (AvgIpc) is 2.77. The van der Waals surface area contributed by atoms with Gasteiger partial charge in [-0.3, -0.25) is 9.59 Å². The van der Waals surface area contributed by atoms with Crippen molar-refractivity contribution in [1.82, 2.24) is 14.2 Å². The lowest BCUT2D eigenvalue weighted by molar-refractivity contribution is 0.0952. The van der Waals surface area contributed by atoms with Gasteiger partial charge in [0.1, 0.15) is 5.56 Å². The number of hydrogen-bond donors (Lipinski definition) is 1. The predicted octanol–water partition coefficient (Wildman–Crippen LogP) is 3.19. The Morgan fingerprint density at radius 3 is 2.38 bits per heavy atom. The van der Waals surface area contributed by atoms with E-state index in [1.807, 2.05) is 12.1 Å². The molecule has 0 aliphatic carbocycles. The molecule has 3 aromatic rings. The first-order valence-electron chi connectivity index (χ1n) is 10.3. The second kappa shape index (κ2) is 9.85. The molecule has 0 atom stereocenters. The van der Waals surface area contributed by atoms with E-state index < -0.39 is 21.4 Å². The summed E-state index contributed by atoms with van der Waals surface area (Å²) in [5, 5.41) is 3.59. The summed E-state index contributed by atoms with van der Waals surface area (Å²) in [6.45, 7) is 4.51. The molecule has 0 bridgehead atoms. The maximum atomic E-state index is 13.1. The summed E-state index contributed by atoms with van der Waals surface area (Å²) < 4.78 is 28.7. The summed E-state index contributed by atoms with van der Waals surface area (Å²) >= 11 is 5.88. The van der Waals surface area contributed by atoms with Gasteiger partial charge in [-0.15, -0.1) is 0 Å². The number of nitrogens with zero attached hydrogens (tertiary/aromatic N) is 2. The normalized spacial score (nSPS) is 11.8. The third kappa shape index (κ3) is 4.87. The van der Waals surface area contributed by atoms with E-state index in [9.17, 15) is 18.0 Å². The quantitative estimate of drug-likeness (QED) is 0.542. The molecule has 32 heavy (non-hydrogen) atoms. The third-order valence-corrected chi connectivity index (χ3v) is 7.66. The lowest BCUT2D eigenvalue weighted by Crippen LogP contribution is -2.32. The molecule has 0 aliphatic rings. The molecule has 2 aromatic carbocycles. The molecule has 1 amide bonds. The first-order valence-corrected chi connectivity index (χ1v) is 12.2. The van der Waals surface area contributed by atoms with Crippen molar-refractivity contribution in [2.24, 2.45) is 7.05 Å². The Morgan fingerprint density at radius 1 is 1.09 bits per heavy atom. The highest BCUT2D eigenvalue weighted by Crippen LogP contribution is 2.20. The molecule has 3 rings (SSSR count). The van der Waals surface area contributed by atoms with Gasteiger partial charge in [-0.25, -0.2) is 8.42 Å². The van der Waals surface area contributed by atoms with Gasteiger partial charge in [0, 0.05) is 43.3 Å². The fourth-order valence-corrected chi connectivity index (χ4v) is 5.18. The molecule has 1 aromatic heterocycles. The number of fused-ring (bicyclic) bond motifs is 1. The van der Waals surface area contributed by atoms with Crippen molar-refractivity contribution in [2.45, 2.75) is 25.2 Å². The van der Waals surface area contributed by atoms with Gasteiger partial charge in [-0.05, 0) is 42.3 Å². The summed E-state index contributed by atoms with van der Waals surface area (Å²) in [5.74, 6) is -0.501. The zero-order valence-electron chi connectivity index (χ0n) is 18.3. The van der Waals surface area contributed by atoms with Crippen molar-refractivity contribution in [3.05, 3.63) is 75.0 Å². The van der Waals surface area contributed by atoms with Gasteiger partial charge >= 0.3 is 0 Å². The fourth-order valence-electron chi connectivity index (χ4n) is 3.57. The summed E-state index contributed by atoms with van der Waals surface area (Å²) in [5.41, 5.74) is 1.02. The molecule has 0 unspecified atom stereocenters. The van der Waals surface area contributed by atoms with Crippen LogP contribution in [0.15, 0.2) is 58.4 Å². The van der Waals surface area contributed by atoms with Gasteiger partial charge in [0.25, 0.3) is 5.91 Å². The van der Waals surface area contributed by atoms with Gasteiger partial charge in [0.2, 0.25) is 15.5 Å². The minimum absolute atomic E-state index is 0.0334. The van der Waals surface area contributed by atoms with Crippen LogP contribution in [0.1, 0.15) is 29.8 Å². The van der Waals surface area contributed by atoms with E-state index in [1.165, 1.54) is 22.6 Å². The van der Waals surface area contributed by atoms with Crippen LogP contribution in [0.3, 0.4) is 0 Å². The van der Waals surface area contributed by atoms with Crippen molar-refractivity contribution in [3.8, 4) is 0 Å². The van der Waals surface area contributed by atoms with Crippen molar-refractivity contribution in [3.63, 3.8) is 0 Å².